The van der Waals surface area contributed by atoms with E-state index in [1.807, 2.05) is 30.3 Å². The van der Waals surface area contributed by atoms with E-state index >= 15 is 0 Å². The molecule has 3 rings (SSSR count). The number of piperidine rings is 1. The average Bonchev–Trinajstić information content (AvgIpc) is 2.98. The quantitative estimate of drug-likeness (QED) is 0.484. The van der Waals surface area contributed by atoms with Crippen LogP contribution < -0.4 is 5.48 Å². The highest BCUT2D eigenvalue weighted by Gasteiger charge is 2.48. The number of likely N-dealkylation sites (N-methyl/N-ethyl adjacent to an activating group) is 1. The Balaban J connectivity index is 1.42. The number of nitrogens with one attached hydrogen (secondary N) is 1. The number of hydroxylamine groups is 3. The molecule has 32 heavy (non-hydrogen) atoms. The number of hydrogen-bond acceptors (Lipinski definition) is 6. The van der Waals surface area contributed by atoms with Crippen molar-refractivity contribution in [2.75, 3.05) is 26.7 Å². The van der Waals surface area contributed by atoms with E-state index in [2.05, 4.69) is 5.48 Å². The van der Waals surface area contributed by atoms with Crippen LogP contribution in [0.1, 0.15) is 39.2 Å². The molecule has 0 aromatic heterocycles. The zero-order valence-corrected chi connectivity index (χ0v) is 19.1. The minimum Gasteiger partial charge on any atom is -0.444 e. The van der Waals surface area contributed by atoms with Crippen LogP contribution in [-0.4, -0.2) is 77.3 Å². The van der Waals surface area contributed by atoms with E-state index in [1.165, 1.54) is 14.9 Å². The lowest BCUT2D eigenvalue weighted by Crippen LogP contribution is -2.50. The zero-order valence-electron chi connectivity index (χ0n) is 19.1. The molecule has 0 spiro atoms. The number of benzene rings is 1. The fraction of sp³-hybridized carbons (Fsp3) is 0.591. The largest absolute Gasteiger partial charge is 0.444 e. The third kappa shape index (κ3) is 6.10. The first kappa shape index (κ1) is 23.8. The lowest BCUT2D eigenvalue weighted by molar-refractivity contribution is -0.141. The third-order valence-electron chi connectivity index (χ3n) is 5.25. The Labute approximate surface area is 188 Å². The van der Waals surface area contributed by atoms with Crippen molar-refractivity contribution in [3.8, 4) is 0 Å². The number of carbonyl (C=O) groups excluding carboxylic acids is 3. The van der Waals surface area contributed by atoms with E-state index in [0.29, 0.717) is 26.0 Å². The highest BCUT2D eigenvalue weighted by molar-refractivity contribution is 5.88. The molecule has 1 unspecified atom stereocenters. The van der Waals surface area contributed by atoms with Gasteiger partial charge in [0.05, 0.1) is 12.6 Å². The van der Waals surface area contributed by atoms with Gasteiger partial charge in [0.15, 0.2) is 0 Å². The van der Waals surface area contributed by atoms with Crippen molar-refractivity contribution in [2.45, 2.75) is 57.9 Å². The molecule has 2 bridgehead atoms. The number of hydrogen-bond donors (Lipinski definition) is 1. The van der Waals surface area contributed by atoms with Gasteiger partial charge < -0.3 is 14.5 Å². The van der Waals surface area contributed by atoms with E-state index in [9.17, 15) is 14.4 Å². The van der Waals surface area contributed by atoms with Crippen LogP contribution in [-0.2, 0) is 25.8 Å². The summed E-state index contributed by atoms with van der Waals surface area (Å²) in [6.07, 6.45) is 0.717. The van der Waals surface area contributed by atoms with Crippen molar-refractivity contribution in [3.05, 3.63) is 35.9 Å². The SMILES string of the molecule is CN(CCONC(=O)C1CC[C@@H]2CN1C(=O)N2OCc1ccccc1)C(=O)OC(C)(C)C. The number of amides is 4. The summed E-state index contributed by atoms with van der Waals surface area (Å²) in [5.41, 5.74) is 2.79. The number of nitrogens with zero attached hydrogens (tertiary/aromatic N) is 3. The minimum absolute atomic E-state index is 0.0707. The molecular weight excluding hydrogens is 416 g/mol. The summed E-state index contributed by atoms with van der Waals surface area (Å²) in [5.74, 6) is -0.387. The maximum Gasteiger partial charge on any atom is 0.410 e. The summed E-state index contributed by atoms with van der Waals surface area (Å²) >= 11 is 0. The number of urea groups is 1. The molecule has 2 atom stereocenters. The van der Waals surface area contributed by atoms with Crippen molar-refractivity contribution >= 4 is 18.0 Å². The Bertz CT molecular complexity index is 812. The van der Waals surface area contributed by atoms with Crippen molar-refractivity contribution in [1.82, 2.24) is 20.3 Å². The number of fused-ring (bicyclic) bond motifs is 2. The molecule has 2 aliphatic heterocycles. The van der Waals surface area contributed by atoms with Crippen molar-refractivity contribution < 1.29 is 28.8 Å². The molecule has 176 valence electrons. The predicted molar refractivity (Wildman–Crippen MR) is 115 cm³/mol. The van der Waals surface area contributed by atoms with Gasteiger partial charge in [0.2, 0.25) is 0 Å². The molecule has 10 nitrogen and oxygen atoms in total. The van der Waals surface area contributed by atoms with Crippen LogP contribution in [0.4, 0.5) is 9.59 Å². The predicted octanol–water partition coefficient (Wildman–Crippen LogP) is 2.30. The van der Waals surface area contributed by atoms with Crippen LogP contribution in [0, 0.1) is 0 Å². The maximum atomic E-state index is 12.8. The second-order valence-corrected chi connectivity index (χ2v) is 8.98. The molecule has 4 amide bonds. The van der Waals surface area contributed by atoms with Crippen LogP contribution in [0.3, 0.4) is 0 Å². The van der Waals surface area contributed by atoms with Crippen molar-refractivity contribution in [1.29, 1.82) is 0 Å². The van der Waals surface area contributed by atoms with Crippen LogP contribution >= 0.6 is 0 Å². The van der Waals surface area contributed by atoms with E-state index < -0.39 is 17.7 Å². The van der Waals surface area contributed by atoms with Gasteiger partial charge in [0.1, 0.15) is 18.2 Å². The fourth-order valence-electron chi connectivity index (χ4n) is 3.59. The van der Waals surface area contributed by atoms with Crippen LogP contribution in [0.5, 0.6) is 0 Å². The molecular formula is C22H32N4O6. The van der Waals surface area contributed by atoms with Gasteiger partial charge in [0, 0.05) is 20.1 Å². The Morgan fingerprint density at radius 2 is 1.91 bits per heavy atom. The average molecular weight is 449 g/mol. The first-order chi connectivity index (χ1) is 15.2. The Morgan fingerprint density at radius 3 is 2.59 bits per heavy atom. The topological polar surface area (TPSA) is 101 Å². The maximum absolute atomic E-state index is 12.8. The zero-order chi connectivity index (χ0) is 23.3. The fourth-order valence-corrected chi connectivity index (χ4v) is 3.59. The van der Waals surface area contributed by atoms with Crippen LogP contribution in [0.25, 0.3) is 0 Å². The third-order valence-corrected chi connectivity index (χ3v) is 5.25. The molecule has 0 aliphatic carbocycles. The molecule has 2 aliphatic rings. The molecule has 2 fully saturated rings. The standard InChI is InChI=1S/C22H32N4O6/c1-22(2,3)32-21(29)24(4)12-13-30-23-19(27)18-11-10-17-14-25(18)20(28)26(17)31-15-16-8-6-5-7-9-16/h5-9,17-18H,10-15H2,1-4H3,(H,23,27)/t17-,18?/m1/s1. The van der Waals surface area contributed by atoms with E-state index in [1.54, 1.807) is 27.8 Å². The second kappa shape index (κ2) is 10.2. The Kier molecular flexibility index (Phi) is 7.57. The van der Waals surface area contributed by atoms with E-state index in [-0.39, 0.29) is 31.1 Å². The van der Waals surface area contributed by atoms with Crippen molar-refractivity contribution in [3.63, 3.8) is 0 Å². The Hall–Kier alpha value is -2.85. The molecule has 1 aromatic rings. The Morgan fingerprint density at radius 1 is 1.19 bits per heavy atom. The second-order valence-electron chi connectivity index (χ2n) is 8.98. The summed E-state index contributed by atoms with van der Waals surface area (Å²) < 4.78 is 5.26. The van der Waals surface area contributed by atoms with Gasteiger partial charge in [-0.3, -0.25) is 14.5 Å². The highest BCUT2D eigenvalue weighted by Crippen LogP contribution is 2.30. The number of ether oxygens (including phenoxy) is 1. The molecule has 2 saturated heterocycles. The van der Waals surface area contributed by atoms with Crippen LogP contribution in [0.15, 0.2) is 30.3 Å². The molecule has 0 saturated carbocycles. The summed E-state index contributed by atoms with van der Waals surface area (Å²) in [6, 6.07) is 8.61. The minimum atomic E-state index is -0.618. The molecule has 10 heteroatoms. The molecule has 0 radical (unpaired) electrons. The summed E-state index contributed by atoms with van der Waals surface area (Å²) in [5, 5.41) is 1.39. The normalized spacial score (nSPS) is 20.3. The van der Waals surface area contributed by atoms with Crippen molar-refractivity contribution in [2.24, 2.45) is 0 Å². The highest BCUT2D eigenvalue weighted by atomic mass is 16.7. The van der Waals surface area contributed by atoms with E-state index in [0.717, 1.165) is 5.56 Å². The smallest absolute Gasteiger partial charge is 0.410 e. The number of rotatable bonds is 8. The van der Waals surface area contributed by atoms with Gasteiger partial charge in [-0.2, -0.15) is 5.06 Å². The first-order valence-corrected chi connectivity index (χ1v) is 10.8. The van der Waals surface area contributed by atoms with E-state index in [4.69, 9.17) is 14.4 Å². The summed E-state index contributed by atoms with van der Waals surface area (Å²) in [4.78, 5) is 51.2. The number of carbonyl (C=O) groups is 3. The van der Waals surface area contributed by atoms with Gasteiger partial charge in [-0.1, -0.05) is 30.3 Å². The molecule has 1 aromatic carbocycles. The molecule has 2 heterocycles. The monoisotopic (exact) mass is 448 g/mol. The van der Waals surface area contributed by atoms with Gasteiger partial charge in [-0.05, 0) is 39.2 Å². The van der Waals surface area contributed by atoms with Gasteiger partial charge in [0.25, 0.3) is 5.91 Å². The summed E-state index contributed by atoms with van der Waals surface area (Å²) in [7, 11) is 1.59. The molecule has 1 N–H and O–H groups in total. The lowest BCUT2D eigenvalue weighted by atomic mass is 10.0. The summed E-state index contributed by atoms with van der Waals surface area (Å²) in [6.45, 7) is 6.44. The van der Waals surface area contributed by atoms with Gasteiger partial charge in [-0.25, -0.2) is 15.1 Å². The van der Waals surface area contributed by atoms with Gasteiger partial charge >= 0.3 is 12.1 Å². The first-order valence-electron chi connectivity index (χ1n) is 10.8. The lowest BCUT2D eigenvalue weighted by Gasteiger charge is -2.29. The van der Waals surface area contributed by atoms with Gasteiger partial charge in [-0.15, -0.1) is 0 Å². The van der Waals surface area contributed by atoms with Crippen LogP contribution in [0.2, 0.25) is 0 Å².